The van der Waals surface area contributed by atoms with Crippen LogP contribution in [-0.2, 0) is 13.0 Å². The highest BCUT2D eigenvalue weighted by Gasteiger charge is 2.31. The van der Waals surface area contributed by atoms with Gasteiger partial charge in [0.25, 0.3) is 11.8 Å². The molecule has 0 fully saturated rings. The van der Waals surface area contributed by atoms with Gasteiger partial charge < -0.3 is 9.80 Å². The van der Waals surface area contributed by atoms with Gasteiger partial charge in [0, 0.05) is 35.9 Å². The molecule has 0 bridgehead atoms. The molecule has 152 valence electrons. The summed E-state index contributed by atoms with van der Waals surface area (Å²) >= 11 is 0. The van der Waals surface area contributed by atoms with Crippen LogP contribution in [0.25, 0.3) is 0 Å². The quantitative estimate of drug-likeness (QED) is 0.611. The number of para-hydroxylation sites is 1. The second-order valence-corrected chi connectivity index (χ2v) is 7.74. The Morgan fingerprint density at radius 2 is 1.63 bits per heavy atom. The zero-order valence-corrected chi connectivity index (χ0v) is 17.4. The second kappa shape index (κ2) is 8.54. The minimum absolute atomic E-state index is 0.0618. The predicted molar refractivity (Wildman–Crippen MR) is 120 cm³/mol. The lowest BCUT2D eigenvalue weighted by atomic mass is 10.1. The van der Waals surface area contributed by atoms with Gasteiger partial charge in [-0.1, -0.05) is 54.6 Å². The second-order valence-electron chi connectivity index (χ2n) is 7.74. The number of anilines is 1. The highest BCUT2D eigenvalue weighted by molar-refractivity contribution is 6.09. The van der Waals surface area contributed by atoms with E-state index >= 15 is 0 Å². The fraction of sp³-hybridized carbons (Fsp3) is 0.231. The maximum atomic E-state index is 13.3. The summed E-state index contributed by atoms with van der Waals surface area (Å²) < 4.78 is 0. The van der Waals surface area contributed by atoms with Gasteiger partial charge in [-0.2, -0.15) is 0 Å². The summed E-state index contributed by atoms with van der Waals surface area (Å²) in [4.78, 5) is 30.1. The van der Waals surface area contributed by atoms with Gasteiger partial charge in [0.2, 0.25) is 0 Å². The number of carbonyl (C=O) groups is 2. The molecular formula is C26H26N2O2. The van der Waals surface area contributed by atoms with Crippen molar-refractivity contribution in [3.63, 3.8) is 0 Å². The molecular weight excluding hydrogens is 372 g/mol. The molecule has 1 heterocycles. The maximum Gasteiger partial charge on any atom is 0.258 e. The van der Waals surface area contributed by atoms with Gasteiger partial charge in [-0.3, -0.25) is 9.59 Å². The van der Waals surface area contributed by atoms with Gasteiger partial charge in [0.05, 0.1) is 0 Å². The van der Waals surface area contributed by atoms with E-state index in [1.807, 2.05) is 60.4 Å². The van der Waals surface area contributed by atoms with Crippen LogP contribution in [0.3, 0.4) is 0 Å². The molecule has 0 N–H and O–H groups in total. The average molecular weight is 399 g/mol. The van der Waals surface area contributed by atoms with Crippen molar-refractivity contribution in [1.82, 2.24) is 4.90 Å². The smallest absolute Gasteiger partial charge is 0.258 e. The minimum atomic E-state index is -0.0640. The van der Waals surface area contributed by atoms with E-state index in [9.17, 15) is 9.59 Å². The number of carbonyl (C=O) groups excluding carboxylic acids is 2. The number of rotatable bonds is 5. The van der Waals surface area contributed by atoms with Crippen molar-refractivity contribution < 1.29 is 9.59 Å². The van der Waals surface area contributed by atoms with Crippen molar-refractivity contribution in [2.24, 2.45) is 0 Å². The molecule has 4 nitrogen and oxygen atoms in total. The van der Waals surface area contributed by atoms with Crippen molar-refractivity contribution in [1.29, 1.82) is 0 Å². The Morgan fingerprint density at radius 1 is 0.933 bits per heavy atom. The molecule has 3 aromatic rings. The topological polar surface area (TPSA) is 40.6 Å². The Hall–Kier alpha value is -3.40. The first-order valence-corrected chi connectivity index (χ1v) is 10.4. The number of nitrogens with zero attached hydrogens (tertiary/aromatic N) is 2. The summed E-state index contributed by atoms with van der Waals surface area (Å²) in [6.45, 7) is 5.18. The average Bonchev–Trinajstić information content (AvgIpc) is 3.13. The number of hydrogen-bond acceptors (Lipinski definition) is 2. The molecule has 1 unspecified atom stereocenters. The largest absolute Gasteiger partial charge is 0.335 e. The molecule has 0 saturated heterocycles. The van der Waals surface area contributed by atoms with Crippen LogP contribution >= 0.6 is 0 Å². The third kappa shape index (κ3) is 3.86. The molecule has 3 aromatic carbocycles. The molecule has 1 atom stereocenters. The zero-order chi connectivity index (χ0) is 21.1. The summed E-state index contributed by atoms with van der Waals surface area (Å²) in [5, 5.41) is 0. The Labute approximate surface area is 177 Å². The molecule has 0 spiro atoms. The maximum absolute atomic E-state index is 13.3. The first-order chi connectivity index (χ1) is 14.6. The molecule has 1 aliphatic rings. The Morgan fingerprint density at radius 3 is 2.40 bits per heavy atom. The molecule has 0 saturated carbocycles. The van der Waals surface area contributed by atoms with E-state index in [2.05, 4.69) is 13.0 Å². The van der Waals surface area contributed by atoms with Crippen LogP contribution in [0, 0.1) is 0 Å². The monoisotopic (exact) mass is 398 g/mol. The number of hydrogen-bond donors (Lipinski definition) is 0. The molecule has 4 heteroatoms. The van der Waals surface area contributed by atoms with Crippen LogP contribution in [0.15, 0.2) is 78.9 Å². The summed E-state index contributed by atoms with van der Waals surface area (Å²) in [5.74, 6) is -0.126. The predicted octanol–water partition coefficient (Wildman–Crippen LogP) is 4.94. The van der Waals surface area contributed by atoms with Crippen molar-refractivity contribution >= 4 is 17.5 Å². The lowest BCUT2D eigenvalue weighted by molar-refractivity contribution is 0.0752. The minimum Gasteiger partial charge on any atom is -0.335 e. The third-order valence-electron chi connectivity index (χ3n) is 5.67. The van der Waals surface area contributed by atoms with Gasteiger partial charge >= 0.3 is 0 Å². The number of fused-ring (bicyclic) bond motifs is 1. The van der Waals surface area contributed by atoms with E-state index in [1.165, 1.54) is 5.56 Å². The van der Waals surface area contributed by atoms with E-state index in [4.69, 9.17) is 0 Å². The van der Waals surface area contributed by atoms with Crippen molar-refractivity contribution in [3.8, 4) is 0 Å². The van der Waals surface area contributed by atoms with E-state index in [-0.39, 0.29) is 17.9 Å². The van der Waals surface area contributed by atoms with Crippen LogP contribution < -0.4 is 4.90 Å². The van der Waals surface area contributed by atoms with Gasteiger partial charge in [-0.05, 0) is 55.7 Å². The Balaban J connectivity index is 1.58. The number of amides is 2. The summed E-state index contributed by atoms with van der Waals surface area (Å²) in [6, 6.07) is 25.2. The number of benzene rings is 3. The van der Waals surface area contributed by atoms with E-state index < -0.39 is 0 Å². The SMILES string of the molecule is CCN(Cc1ccccc1)C(=O)c1cccc(C(=O)N2c3ccccc3CC2C)c1. The van der Waals surface area contributed by atoms with Crippen molar-refractivity contribution in [3.05, 3.63) is 101 Å². The molecule has 0 aromatic heterocycles. The van der Waals surface area contributed by atoms with E-state index in [0.717, 1.165) is 17.7 Å². The van der Waals surface area contributed by atoms with Crippen LogP contribution in [0.5, 0.6) is 0 Å². The van der Waals surface area contributed by atoms with Crippen molar-refractivity contribution in [2.45, 2.75) is 32.9 Å². The molecule has 1 aliphatic heterocycles. The van der Waals surface area contributed by atoms with Crippen LogP contribution in [0.4, 0.5) is 5.69 Å². The molecule has 0 aliphatic carbocycles. The molecule has 4 rings (SSSR count). The molecule has 2 amide bonds. The highest BCUT2D eigenvalue weighted by Crippen LogP contribution is 2.33. The van der Waals surface area contributed by atoms with Gasteiger partial charge in [-0.15, -0.1) is 0 Å². The summed E-state index contributed by atoms with van der Waals surface area (Å²) in [7, 11) is 0. The van der Waals surface area contributed by atoms with Gasteiger partial charge in [0.15, 0.2) is 0 Å². The Kier molecular flexibility index (Phi) is 5.66. The highest BCUT2D eigenvalue weighted by atomic mass is 16.2. The first kappa shape index (κ1) is 19.9. The standard InChI is InChI=1S/C26H26N2O2/c1-3-27(18-20-10-5-4-6-11-20)25(29)22-13-9-14-23(17-22)26(30)28-19(2)16-21-12-7-8-15-24(21)28/h4-15,17,19H,3,16,18H2,1-2H3. The van der Waals surface area contributed by atoms with E-state index in [0.29, 0.717) is 24.2 Å². The zero-order valence-electron chi connectivity index (χ0n) is 17.4. The molecule has 30 heavy (non-hydrogen) atoms. The fourth-order valence-electron chi connectivity index (χ4n) is 4.11. The Bertz CT molecular complexity index is 1060. The van der Waals surface area contributed by atoms with Crippen molar-refractivity contribution in [2.75, 3.05) is 11.4 Å². The fourth-order valence-corrected chi connectivity index (χ4v) is 4.11. The lowest BCUT2D eigenvalue weighted by Crippen LogP contribution is -2.36. The van der Waals surface area contributed by atoms with Crippen LogP contribution in [0.1, 0.15) is 45.7 Å². The molecule has 0 radical (unpaired) electrons. The van der Waals surface area contributed by atoms with Crippen LogP contribution in [-0.4, -0.2) is 29.3 Å². The summed E-state index contributed by atoms with van der Waals surface area (Å²) in [5.41, 5.74) is 4.32. The normalized spacial score (nSPS) is 15.0. The van der Waals surface area contributed by atoms with Gasteiger partial charge in [0.1, 0.15) is 0 Å². The summed E-state index contributed by atoms with van der Waals surface area (Å²) in [6.07, 6.45) is 0.848. The third-order valence-corrected chi connectivity index (χ3v) is 5.67. The van der Waals surface area contributed by atoms with Crippen LogP contribution in [0.2, 0.25) is 0 Å². The lowest BCUT2D eigenvalue weighted by Gasteiger charge is -2.24. The van der Waals surface area contributed by atoms with Gasteiger partial charge in [-0.25, -0.2) is 0 Å². The van der Waals surface area contributed by atoms with E-state index in [1.54, 1.807) is 29.2 Å². The first-order valence-electron chi connectivity index (χ1n) is 10.4.